The summed E-state index contributed by atoms with van der Waals surface area (Å²) >= 11 is 0. The minimum absolute atomic E-state index is 0.135. The smallest absolute Gasteiger partial charge is 0.322 e. The molecule has 7 heteroatoms. The van der Waals surface area contributed by atoms with Crippen LogP contribution in [0.15, 0.2) is 64.8 Å². The molecule has 4 rings (SSSR count). The number of urea groups is 1. The van der Waals surface area contributed by atoms with Crippen LogP contribution in [0.5, 0.6) is 5.75 Å². The van der Waals surface area contributed by atoms with Gasteiger partial charge in [-0.25, -0.2) is 9.18 Å². The lowest BCUT2D eigenvalue weighted by Crippen LogP contribution is -2.42. The molecule has 172 valence electrons. The standard InChI is InChI=1S/C26H28FN3O3/c1-18-17-30(26(31)29-25-16-28-33-19(25)2)12-10-22(18)14-21-4-3-5-24(15-21)32-13-11-20-6-8-23(27)9-7-20/h3-9,14-16,18H,10-13,17H2,1-2H3,(H,29,31). The van der Waals surface area contributed by atoms with Crippen LogP contribution in [0.25, 0.3) is 6.08 Å². The van der Waals surface area contributed by atoms with E-state index in [1.165, 1.54) is 23.9 Å². The van der Waals surface area contributed by atoms with E-state index in [9.17, 15) is 9.18 Å². The van der Waals surface area contributed by atoms with Crippen LogP contribution >= 0.6 is 0 Å². The minimum Gasteiger partial charge on any atom is -0.493 e. The third-order valence-corrected chi connectivity index (χ3v) is 5.86. The highest BCUT2D eigenvalue weighted by Gasteiger charge is 2.25. The van der Waals surface area contributed by atoms with Crippen molar-refractivity contribution in [3.63, 3.8) is 0 Å². The number of anilines is 1. The van der Waals surface area contributed by atoms with E-state index in [0.29, 0.717) is 31.1 Å². The number of ether oxygens (including phenoxy) is 1. The van der Waals surface area contributed by atoms with Gasteiger partial charge < -0.3 is 19.5 Å². The summed E-state index contributed by atoms with van der Waals surface area (Å²) in [7, 11) is 0. The highest BCUT2D eigenvalue weighted by molar-refractivity contribution is 5.89. The summed E-state index contributed by atoms with van der Waals surface area (Å²) in [4.78, 5) is 14.4. The summed E-state index contributed by atoms with van der Waals surface area (Å²) in [5.41, 5.74) is 4.03. The molecule has 2 aromatic carbocycles. The van der Waals surface area contributed by atoms with Crippen molar-refractivity contribution in [1.29, 1.82) is 0 Å². The molecule has 1 aliphatic heterocycles. The van der Waals surface area contributed by atoms with Crippen LogP contribution in [0.2, 0.25) is 0 Å². The van der Waals surface area contributed by atoms with Gasteiger partial charge in [0.25, 0.3) is 0 Å². The maximum atomic E-state index is 13.0. The van der Waals surface area contributed by atoms with Gasteiger partial charge in [-0.05, 0) is 54.7 Å². The number of aryl methyl sites for hydroxylation is 1. The highest BCUT2D eigenvalue weighted by Crippen LogP contribution is 2.27. The summed E-state index contributed by atoms with van der Waals surface area (Å²) in [6.07, 6.45) is 5.24. The van der Waals surface area contributed by atoms with Crippen LogP contribution in [0.4, 0.5) is 14.9 Å². The van der Waals surface area contributed by atoms with Gasteiger partial charge in [-0.3, -0.25) is 0 Å². The second-order valence-corrected chi connectivity index (χ2v) is 8.34. The van der Waals surface area contributed by atoms with Crippen molar-refractivity contribution in [2.24, 2.45) is 5.92 Å². The number of amides is 2. The van der Waals surface area contributed by atoms with E-state index in [4.69, 9.17) is 9.26 Å². The van der Waals surface area contributed by atoms with E-state index < -0.39 is 0 Å². The van der Waals surface area contributed by atoms with Gasteiger partial charge in [0.1, 0.15) is 17.3 Å². The number of nitrogens with one attached hydrogen (secondary N) is 1. The molecule has 1 saturated heterocycles. The lowest BCUT2D eigenvalue weighted by atomic mass is 9.91. The van der Waals surface area contributed by atoms with E-state index in [1.807, 2.05) is 23.1 Å². The van der Waals surface area contributed by atoms with Crippen molar-refractivity contribution in [2.45, 2.75) is 26.7 Å². The molecular formula is C26H28FN3O3. The molecule has 2 heterocycles. The Labute approximate surface area is 193 Å². The Balaban J connectivity index is 1.32. The Hall–Kier alpha value is -3.61. The number of likely N-dealkylation sites (tertiary alicyclic amines) is 1. The van der Waals surface area contributed by atoms with Crippen LogP contribution < -0.4 is 10.1 Å². The molecule has 0 radical (unpaired) electrons. The topological polar surface area (TPSA) is 67.6 Å². The largest absolute Gasteiger partial charge is 0.493 e. The summed E-state index contributed by atoms with van der Waals surface area (Å²) in [5, 5.41) is 6.56. The van der Waals surface area contributed by atoms with Crippen molar-refractivity contribution in [3.05, 3.63) is 83.0 Å². The average Bonchev–Trinajstić information content (AvgIpc) is 3.21. The zero-order chi connectivity index (χ0) is 23.2. The first kappa shape index (κ1) is 22.6. The number of benzene rings is 2. The fourth-order valence-electron chi connectivity index (χ4n) is 3.91. The van der Waals surface area contributed by atoms with Crippen molar-refractivity contribution >= 4 is 17.8 Å². The number of nitrogens with zero attached hydrogens (tertiary/aromatic N) is 2. The maximum Gasteiger partial charge on any atom is 0.322 e. The fourth-order valence-corrected chi connectivity index (χ4v) is 3.91. The summed E-state index contributed by atoms with van der Waals surface area (Å²) < 4.78 is 23.9. The molecule has 1 aromatic heterocycles. The van der Waals surface area contributed by atoms with Gasteiger partial charge in [-0.15, -0.1) is 0 Å². The quantitative estimate of drug-likeness (QED) is 0.524. The van der Waals surface area contributed by atoms with E-state index in [0.717, 1.165) is 29.7 Å². The molecule has 1 atom stereocenters. The molecule has 0 saturated carbocycles. The Morgan fingerprint density at radius 3 is 2.85 bits per heavy atom. The zero-order valence-corrected chi connectivity index (χ0v) is 18.9. The van der Waals surface area contributed by atoms with Crippen LogP contribution in [0.1, 0.15) is 30.2 Å². The molecule has 33 heavy (non-hydrogen) atoms. The second kappa shape index (κ2) is 10.3. The molecule has 1 unspecified atom stereocenters. The molecule has 1 N–H and O–H groups in total. The minimum atomic E-state index is -0.230. The zero-order valence-electron chi connectivity index (χ0n) is 18.9. The first-order valence-corrected chi connectivity index (χ1v) is 11.1. The molecule has 2 amide bonds. The second-order valence-electron chi connectivity index (χ2n) is 8.34. The number of hydrogen-bond acceptors (Lipinski definition) is 4. The van der Waals surface area contributed by atoms with Crippen molar-refractivity contribution in [2.75, 3.05) is 25.0 Å². The normalized spacial score (nSPS) is 17.2. The lowest BCUT2D eigenvalue weighted by molar-refractivity contribution is 0.197. The van der Waals surface area contributed by atoms with Gasteiger partial charge in [-0.2, -0.15) is 0 Å². The predicted molar refractivity (Wildman–Crippen MR) is 126 cm³/mol. The number of piperidine rings is 1. The average molecular weight is 450 g/mol. The van der Waals surface area contributed by atoms with Crippen molar-refractivity contribution < 1.29 is 18.4 Å². The molecule has 6 nitrogen and oxygen atoms in total. The van der Waals surface area contributed by atoms with E-state index in [2.05, 4.69) is 29.5 Å². The van der Waals surface area contributed by atoms with E-state index in [-0.39, 0.29) is 17.8 Å². The van der Waals surface area contributed by atoms with Gasteiger partial charge in [0, 0.05) is 19.5 Å². The van der Waals surface area contributed by atoms with Crippen LogP contribution in [-0.4, -0.2) is 35.8 Å². The SMILES string of the molecule is Cc1oncc1NC(=O)N1CCC(=Cc2cccc(OCCc3ccc(F)cc3)c2)C(C)C1. The number of halogens is 1. The maximum absolute atomic E-state index is 13.0. The van der Waals surface area contributed by atoms with Crippen LogP contribution in [-0.2, 0) is 6.42 Å². The third kappa shape index (κ3) is 6.00. The molecule has 0 spiro atoms. The lowest BCUT2D eigenvalue weighted by Gasteiger charge is -2.33. The number of rotatable bonds is 6. The Bertz CT molecular complexity index is 1120. The Morgan fingerprint density at radius 2 is 2.12 bits per heavy atom. The monoisotopic (exact) mass is 449 g/mol. The summed E-state index contributed by atoms with van der Waals surface area (Å²) in [6.45, 7) is 5.73. The van der Waals surface area contributed by atoms with Crippen LogP contribution in [0, 0.1) is 18.7 Å². The molecule has 1 fully saturated rings. The number of aromatic nitrogens is 1. The molecular weight excluding hydrogens is 421 g/mol. The molecule has 1 aliphatic rings. The summed E-state index contributed by atoms with van der Waals surface area (Å²) in [5.74, 6) is 1.41. The number of carbonyl (C=O) groups is 1. The third-order valence-electron chi connectivity index (χ3n) is 5.86. The van der Waals surface area contributed by atoms with Gasteiger partial charge in [0.2, 0.25) is 0 Å². The fraction of sp³-hybridized carbons (Fsp3) is 0.308. The Kier molecular flexibility index (Phi) is 7.07. The highest BCUT2D eigenvalue weighted by atomic mass is 19.1. The van der Waals surface area contributed by atoms with Gasteiger partial charge in [0.05, 0.1) is 12.8 Å². The van der Waals surface area contributed by atoms with Crippen molar-refractivity contribution in [3.8, 4) is 5.75 Å². The predicted octanol–water partition coefficient (Wildman–Crippen LogP) is 5.70. The first-order chi connectivity index (χ1) is 16.0. The van der Waals surface area contributed by atoms with E-state index >= 15 is 0 Å². The molecule has 0 aliphatic carbocycles. The van der Waals surface area contributed by atoms with E-state index in [1.54, 1.807) is 19.1 Å². The Morgan fingerprint density at radius 1 is 1.30 bits per heavy atom. The van der Waals surface area contributed by atoms with Crippen LogP contribution in [0.3, 0.4) is 0 Å². The van der Waals surface area contributed by atoms with Gasteiger partial charge in [0.15, 0.2) is 5.76 Å². The molecule has 3 aromatic rings. The number of carbonyl (C=O) groups excluding carboxylic acids is 1. The number of hydrogen-bond donors (Lipinski definition) is 1. The van der Waals surface area contributed by atoms with Gasteiger partial charge >= 0.3 is 6.03 Å². The summed E-state index contributed by atoms with van der Waals surface area (Å²) in [6, 6.07) is 14.4. The van der Waals surface area contributed by atoms with Crippen molar-refractivity contribution in [1.82, 2.24) is 10.1 Å². The molecule has 0 bridgehead atoms. The van der Waals surface area contributed by atoms with Gasteiger partial charge in [-0.1, -0.05) is 48.0 Å². The first-order valence-electron chi connectivity index (χ1n) is 11.1.